The molecule has 6 nitrogen and oxygen atoms in total. The molecule has 0 aliphatic heterocycles. The molecule has 0 saturated carbocycles. The summed E-state index contributed by atoms with van der Waals surface area (Å²) in [7, 11) is 0. The number of benzene rings is 1. The first-order valence-electron chi connectivity index (χ1n) is 6.74. The van der Waals surface area contributed by atoms with Crippen molar-refractivity contribution in [2.75, 3.05) is 5.32 Å². The van der Waals surface area contributed by atoms with E-state index in [9.17, 15) is 14.4 Å². The van der Waals surface area contributed by atoms with Crippen molar-refractivity contribution in [2.45, 2.75) is 20.0 Å². The summed E-state index contributed by atoms with van der Waals surface area (Å²) in [5, 5.41) is 2.60. The average molecular weight is 300 g/mol. The van der Waals surface area contributed by atoms with E-state index < -0.39 is 18.0 Å². The molecule has 1 amide bonds. The lowest BCUT2D eigenvalue weighted by atomic mass is 10.1. The molecule has 0 spiro atoms. The van der Waals surface area contributed by atoms with Crippen molar-refractivity contribution in [1.29, 1.82) is 0 Å². The molecule has 0 unspecified atom stereocenters. The molecule has 22 heavy (non-hydrogen) atoms. The minimum Gasteiger partial charge on any atom is -0.448 e. The van der Waals surface area contributed by atoms with Crippen LogP contribution in [0.5, 0.6) is 0 Å². The Hall–Kier alpha value is -2.89. The van der Waals surface area contributed by atoms with E-state index in [1.807, 2.05) is 0 Å². The minimum atomic E-state index is -0.990. The quantitative estimate of drug-likeness (QED) is 0.655. The summed E-state index contributed by atoms with van der Waals surface area (Å²) in [6.45, 7) is 2.88. The number of amides is 1. The summed E-state index contributed by atoms with van der Waals surface area (Å²) in [6.07, 6.45) is 0.598. The topological polar surface area (TPSA) is 88.3 Å². The number of aromatic nitrogens is 1. The Balaban J connectivity index is 2.03. The number of ketones is 1. The van der Waals surface area contributed by atoms with Crippen LogP contribution in [-0.2, 0) is 9.53 Å². The summed E-state index contributed by atoms with van der Waals surface area (Å²) < 4.78 is 5.06. The van der Waals surface area contributed by atoms with E-state index in [0.29, 0.717) is 11.3 Å². The molecular weight excluding hydrogens is 284 g/mol. The van der Waals surface area contributed by atoms with E-state index in [-0.39, 0.29) is 11.5 Å². The number of esters is 1. The molecule has 1 aromatic carbocycles. The predicted octanol–water partition coefficient (Wildman–Crippen LogP) is 2.40. The van der Waals surface area contributed by atoms with Gasteiger partial charge in [-0.15, -0.1) is 0 Å². The molecule has 2 rings (SSSR count). The number of anilines is 1. The number of aromatic amines is 1. The second-order valence-corrected chi connectivity index (χ2v) is 4.72. The van der Waals surface area contributed by atoms with E-state index in [0.717, 1.165) is 0 Å². The average Bonchev–Trinajstić information content (AvgIpc) is 3.01. The van der Waals surface area contributed by atoms with Crippen LogP contribution in [0.25, 0.3) is 0 Å². The van der Waals surface area contributed by atoms with Gasteiger partial charge in [0.1, 0.15) is 5.69 Å². The molecule has 0 bridgehead atoms. The maximum Gasteiger partial charge on any atom is 0.355 e. The summed E-state index contributed by atoms with van der Waals surface area (Å²) in [5.74, 6) is -1.28. The predicted molar refractivity (Wildman–Crippen MR) is 80.7 cm³/mol. The third-order valence-electron chi connectivity index (χ3n) is 3.04. The first kappa shape index (κ1) is 15.5. The number of carbonyl (C=O) groups excluding carboxylic acids is 3. The molecule has 0 aliphatic carbocycles. The number of para-hydroxylation sites is 1. The molecule has 0 fully saturated rings. The smallest absolute Gasteiger partial charge is 0.355 e. The Bertz CT molecular complexity index is 692. The van der Waals surface area contributed by atoms with Gasteiger partial charge in [-0.3, -0.25) is 9.59 Å². The number of Topliss-reactive ketones (excluding diaryl/α,β-unsaturated/α-hetero) is 1. The third kappa shape index (κ3) is 3.60. The lowest BCUT2D eigenvalue weighted by Gasteiger charge is -2.14. The van der Waals surface area contributed by atoms with Crippen molar-refractivity contribution in [2.24, 2.45) is 0 Å². The maximum atomic E-state index is 12.1. The zero-order chi connectivity index (χ0) is 16.1. The lowest BCUT2D eigenvalue weighted by Crippen LogP contribution is -2.30. The fourth-order valence-electron chi connectivity index (χ4n) is 1.87. The van der Waals surface area contributed by atoms with Crippen LogP contribution in [0.15, 0.2) is 42.6 Å². The highest BCUT2D eigenvalue weighted by molar-refractivity contribution is 6.05. The van der Waals surface area contributed by atoms with Crippen molar-refractivity contribution >= 4 is 23.3 Å². The zero-order valence-electron chi connectivity index (χ0n) is 12.3. The van der Waals surface area contributed by atoms with Crippen molar-refractivity contribution in [3.05, 3.63) is 53.9 Å². The molecule has 0 saturated heterocycles. The monoisotopic (exact) mass is 300 g/mol. The molecule has 0 aliphatic rings. The molecule has 2 aromatic rings. The summed E-state index contributed by atoms with van der Waals surface area (Å²) in [4.78, 5) is 38.1. The van der Waals surface area contributed by atoms with Gasteiger partial charge in [-0.1, -0.05) is 12.1 Å². The molecule has 1 atom stereocenters. The standard InChI is InChI=1S/C16H16N2O4/c1-10(19)12-6-3-4-7-13(12)18-15(20)11(2)22-16(21)14-8-5-9-17-14/h3-9,11,17H,1-2H3,(H,18,20)/t11-/m0/s1. The maximum absolute atomic E-state index is 12.1. The number of hydrogen-bond donors (Lipinski definition) is 2. The Morgan fingerprint density at radius 3 is 2.50 bits per heavy atom. The van der Waals surface area contributed by atoms with Gasteiger partial charge in [0.15, 0.2) is 11.9 Å². The van der Waals surface area contributed by atoms with E-state index in [1.54, 1.807) is 42.6 Å². The van der Waals surface area contributed by atoms with Crippen molar-refractivity contribution < 1.29 is 19.1 Å². The van der Waals surface area contributed by atoms with E-state index in [2.05, 4.69) is 10.3 Å². The summed E-state index contributed by atoms with van der Waals surface area (Å²) >= 11 is 0. The second-order valence-electron chi connectivity index (χ2n) is 4.72. The lowest BCUT2D eigenvalue weighted by molar-refractivity contribution is -0.123. The Kier molecular flexibility index (Phi) is 4.73. The van der Waals surface area contributed by atoms with Gasteiger partial charge in [-0.05, 0) is 38.1 Å². The van der Waals surface area contributed by atoms with Crippen molar-refractivity contribution in [3.8, 4) is 0 Å². The number of ether oxygens (including phenoxy) is 1. The van der Waals surface area contributed by atoms with Crippen LogP contribution in [0, 0.1) is 0 Å². The molecule has 2 N–H and O–H groups in total. The van der Waals surface area contributed by atoms with Gasteiger partial charge in [0.05, 0.1) is 5.69 Å². The molecule has 1 heterocycles. The van der Waals surface area contributed by atoms with Gasteiger partial charge in [-0.25, -0.2) is 4.79 Å². The van der Waals surface area contributed by atoms with Crippen LogP contribution in [0.1, 0.15) is 34.7 Å². The normalized spacial score (nSPS) is 11.5. The fraction of sp³-hybridized carbons (Fsp3) is 0.188. The van der Waals surface area contributed by atoms with Gasteiger partial charge < -0.3 is 15.0 Å². The van der Waals surface area contributed by atoms with Gasteiger partial charge in [0, 0.05) is 11.8 Å². The number of carbonyl (C=O) groups is 3. The number of hydrogen-bond acceptors (Lipinski definition) is 4. The van der Waals surface area contributed by atoms with Crippen LogP contribution in [0.2, 0.25) is 0 Å². The Morgan fingerprint density at radius 2 is 1.86 bits per heavy atom. The highest BCUT2D eigenvalue weighted by Gasteiger charge is 2.20. The van der Waals surface area contributed by atoms with Gasteiger partial charge >= 0.3 is 5.97 Å². The molecule has 0 radical (unpaired) electrons. The van der Waals surface area contributed by atoms with E-state index in [4.69, 9.17) is 4.74 Å². The number of rotatable bonds is 5. The molecule has 6 heteroatoms. The summed E-state index contributed by atoms with van der Waals surface area (Å²) in [5.41, 5.74) is 1.06. The van der Waals surface area contributed by atoms with Crippen LogP contribution in [-0.4, -0.2) is 28.7 Å². The van der Waals surface area contributed by atoms with Gasteiger partial charge in [-0.2, -0.15) is 0 Å². The SMILES string of the molecule is CC(=O)c1ccccc1NC(=O)[C@H](C)OC(=O)c1ccc[nH]1. The van der Waals surface area contributed by atoms with Crippen LogP contribution >= 0.6 is 0 Å². The highest BCUT2D eigenvalue weighted by Crippen LogP contribution is 2.16. The molecule has 114 valence electrons. The first-order valence-corrected chi connectivity index (χ1v) is 6.74. The summed E-state index contributed by atoms with van der Waals surface area (Å²) in [6, 6.07) is 9.86. The van der Waals surface area contributed by atoms with Crippen molar-refractivity contribution in [1.82, 2.24) is 4.98 Å². The molecular formula is C16H16N2O4. The van der Waals surface area contributed by atoms with Gasteiger partial charge in [0.25, 0.3) is 5.91 Å². The third-order valence-corrected chi connectivity index (χ3v) is 3.04. The molecule has 1 aromatic heterocycles. The van der Waals surface area contributed by atoms with Crippen LogP contribution in [0.3, 0.4) is 0 Å². The minimum absolute atomic E-state index is 0.160. The fourth-order valence-corrected chi connectivity index (χ4v) is 1.87. The first-order chi connectivity index (χ1) is 10.5. The van der Waals surface area contributed by atoms with E-state index >= 15 is 0 Å². The highest BCUT2D eigenvalue weighted by atomic mass is 16.5. The Labute approximate surface area is 127 Å². The van der Waals surface area contributed by atoms with E-state index in [1.165, 1.54) is 13.8 Å². The largest absolute Gasteiger partial charge is 0.448 e. The van der Waals surface area contributed by atoms with Gasteiger partial charge in [0.2, 0.25) is 0 Å². The second kappa shape index (κ2) is 6.71. The Morgan fingerprint density at radius 1 is 1.14 bits per heavy atom. The van der Waals surface area contributed by atoms with Crippen molar-refractivity contribution in [3.63, 3.8) is 0 Å². The van der Waals surface area contributed by atoms with Crippen LogP contribution in [0.4, 0.5) is 5.69 Å². The van der Waals surface area contributed by atoms with Crippen LogP contribution < -0.4 is 5.32 Å². The number of nitrogens with one attached hydrogen (secondary N) is 2. The number of H-pyrrole nitrogens is 1. The zero-order valence-corrected chi connectivity index (χ0v) is 12.3.